The van der Waals surface area contributed by atoms with E-state index in [4.69, 9.17) is 0 Å². The van der Waals surface area contributed by atoms with Gasteiger partial charge >= 0.3 is 0 Å². The number of hydrogen-bond donors (Lipinski definition) is 1. The van der Waals surface area contributed by atoms with Gasteiger partial charge in [-0.2, -0.15) is 0 Å². The summed E-state index contributed by atoms with van der Waals surface area (Å²) in [5.74, 6) is 0.418. The van der Waals surface area contributed by atoms with Gasteiger partial charge in [0, 0.05) is 5.57 Å². The lowest BCUT2D eigenvalue weighted by molar-refractivity contribution is 0.603. The quantitative estimate of drug-likeness (QED) is 0.923. The van der Waals surface area contributed by atoms with Crippen LogP contribution in [0, 0.1) is 6.92 Å². The Kier molecular flexibility index (Phi) is 4.28. The zero-order valence-corrected chi connectivity index (χ0v) is 14.8. The Hall–Kier alpha value is -2.40. The second kappa shape index (κ2) is 6.24. The minimum atomic E-state index is -3.58. The zero-order valence-electron chi connectivity index (χ0n) is 13.9. The van der Waals surface area contributed by atoms with E-state index in [0.29, 0.717) is 21.9 Å². The molecule has 2 aromatic rings. The first-order chi connectivity index (χ1) is 11.4. The van der Waals surface area contributed by atoms with Gasteiger partial charge in [0.15, 0.2) is 0 Å². The van der Waals surface area contributed by atoms with Gasteiger partial charge in [0.1, 0.15) is 10.7 Å². The second-order valence-electron chi connectivity index (χ2n) is 5.99. The number of sulfonamides is 1. The molecule has 24 heavy (non-hydrogen) atoms. The van der Waals surface area contributed by atoms with E-state index in [1.807, 2.05) is 68.4 Å². The average molecular weight is 340 g/mol. The van der Waals surface area contributed by atoms with E-state index < -0.39 is 10.0 Å². The van der Waals surface area contributed by atoms with Gasteiger partial charge in [-0.05, 0) is 31.9 Å². The standard InChI is InChI=1S/C19H20N2O2S/c1-13-9-11-17(12-10-13)18-14(2)19(21-24(18,22)23)20-15(3)16-7-5-4-6-8-16/h4-12,15H,1-3H3,(H,20,21). The maximum absolute atomic E-state index is 12.5. The van der Waals surface area contributed by atoms with E-state index in [1.54, 1.807) is 6.92 Å². The summed E-state index contributed by atoms with van der Waals surface area (Å²) in [7, 11) is -3.58. The summed E-state index contributed by atoms with van der Waals surface area (Å²) in [6, 6.07) is 17.2. The minimum absolute atomic E-state index is 0.129. The number of hydrogen-bond acceptors (Lipinski definition) is 3. The first-order valence-electron chi connectivity index (χ1n) is 7.82. The number of nitrogens with zero attached hydrogens (tertiary/aromatic N) is 1. The molecule has 0 aromatic heterocycles. The van der Waals surface area contributed by atoms with Crippen LogP contribution in [0.1, 0.15) is 36.6 Å². The Bertz CT molecular complexity index is 912. The molecule has 1 atom stereocenters. The molecule has 0 spiro atoms. The third-order valence-electron chi connectivity index (χ3n) is 4.11. The van der Waals surface area contributed by atoms with Crippen molar-refractivity contribution in [3.63, 3.8) is 0 Å². The van der Waals surface area contributed by atoms with Gasteiger partial charge in [-0.3, -0.25) is 9.71 Å². The lowest BCUT2D eigenvalue weighted by atomic mass is 10.1. The molecule has 1 N–H and O–H groups in total. The maximum Gasteiger partial charge on any atom is 0.264 e. The van der Waals surface area contributed by atoms with Crippen LogP contribution in [-0.4, -0.2) is 14.3 Å². The lowest BCUT2D eigenvalue weighted by Crippen LogP contribution is -2.24. The van der Waals surface area contributed by atoms with Gasteiger partial charge in [-0.1, -0.05) is 60.2 Å². The molecule has 1 unspecified atom stereocenters. The van der Waals surface area contributed by atoms with Gasteiger partial charge in [0.05, 0.1) is 6.04 Å². The number of rotatable bonds is 3. The van der Waals surface area contributed by atoms with E-state index in [9.17, 15) is 8.42 Å². The van der Waals surface area contributed by atoms with Crippen molar-refractivity contribution in [2.24, 2.45) is 4.99 Å². The average Bonchev–Trinajstić information content (AvgIpc) is 2.78. The van der Waals surface area contributed by atoms with Gasteiger partial charge in [0.2, 0.25) is 0 Å². The summed E-state index contributed by atoms with van der Waals surface area (Å²) in [4.78, 5) is 4.89. The summed E-state index contributed by atoms with van der Waals surface area (Å²) >= 11 is 0. The highest BCUT2D eigenvalue weighted by Crippen LogP contribution is 2.31. The molecule has 2 aromatic carbocycles. The smallest absolute Gasteiger partial charge is 0.263 e. The highest BCUT2D eigenvalue weighted by Gasteiger charge is 2.32. The molecule has 0 bridgehead atoms. The van der Waals surface area contributed by atoms with Crippen molar-refractivity contribution < 1.29 is 8.42 Å². The fourth-order valence-corrected chi connectivity index (χ4v) is 4.27. The van der Waals surface area contributed by atoms with Crippen LogP contribution in [0.15, 0.2) is 65.2 Å². The molecule has 1 aliphatic rings. The molecule has 1 heterocycles. The molecule has 0 radical (unpaired) electrons. The number of amidine groups is 1. The molecular formula is C19H20N2O2S. The van der Waals surface area contributed by atoms with Gasteiger partial charge in [-0.25, -0.2) is 8.42 Å². The Morgan fingerprint density at radius 2 is 1.58 bits per heavy atom. The third-order valence-corrected chi connectivity index (χ3v) is 5.66. The van der Waals surface area contributed by atoms with Crippen LogP contribution < -0.4 is 4.72 Å². The van der Waals surface area contributed by atoms with Crippen LogP contribution in [0.2, 0.25) is 0 Å². The topological polar surface area (TPSA) is 58.5 Å². The fourth-order valence-electron chi connectivity index (χ4n) is 2.76. The molecule has 0 saturated carbocycles. The second-order valence-corrected chi connectivity index (χ2v) is 7.61. The third kappa shape index (κ3) is 3.12. The van der Waals surface area contributed by atoms with Crippen LogP contribution >= 0.6 is 0 Å². The van der Waals surface area contributed by atoms with Crippen molar-refractivity contribution in [2.75, 3.05) is 0 Å². The van der Waals surface area contributed by atoms with Crippen molar-refractivity contribution >= 4 is 20.8 Å². The molecule has 5 heteroatoms. The number of aryl methyl sites for hydroxylation is 1. The highest BCUT2D eigenvalue weighted by molar-refractivity contribution is 8.00. The molecule has 124 valence electrons. The van der Waals surface area contributed by atoms with E-state index in [0.717, 1.165) is 11.1 Å². The van der Waals surface area contributed by atoms with E-state index in [-0.39, 0.29) is 6.04 Å². The number of aliphatic imine (C=N–C) groups is 1. The van der Waals surface area contributed by atoms with Crippen LogP contribution in [0.5, 0.6) is 0 Å². The summed E-state index contributed by atoms with van der Waals surface area (Å²) in [6.45, 7) is 5.72. The molecule has 0 saturated heterocycles. The first kappa shape index (κ1) is 16.5. The molecule has 3 rings (SSSR count). The van der Waals surface area contributed by atoms with Gasteiger partial charge in [0.25, 0.3) is 10.0 Å². The molecule has 4 nitrogen and oxygen atoms in total. The predicted molar refractivity (Wildman–Crippen MR) is 98.1 cm³/mol. The monoisotopic (exact) mass is 340 g/mol. The SMILES string of the molecule is CC1=C(c2ccc(C)cc2)S(=O)(=O)NC1=NC(C)c1ccccc1. The Morgan fingerprint density at radius 1 is 0.958 bits per heavy atom. The maximum atomic E-state index is 12.5. The highest BCUT2D eigenvalue weighted by atomic mass is 32.2. The summed E-state index contributed by atoms with van der Waals surface area (Å²) in [6.07, 6.45) is 0. The van der Waals surface area contributed by atoms with Crippen molar-refractivity contribution in [2.45, 2.75) is 26.8 Å². The normalized spacial score (nSPS) is 19.4. The summed E-state index contributed by atoms with van der Waals surface area (Å²) in [5.41, 5.74) is 3.47. The van der Waals surface area contributed by atoms with Gasteiger partial charge in [-0.15, -0.1) is 0 Å². The largest absolute Gasteiger partial charge is 0.264 e. The Labute approximate surface area is 143 Å². The van der Waals surface area contributed by atoms with Crippen molar-refractivity contribution in [3.8, 4) is 0 Å². The van der Waals surface area contributed by atoms with Crippen LogP contribution in [-0.2, 0) is 10.0 Å². The summed E-state index contributed by atoms with van der Waals surface area (Å²) < 4.78 is 27.7. The van der Waals surface area contributed by atoms with Crippen LogP contribution in [0.25, 0.3) is 4.91 Å². The molecule has 1 aliphatic heterocycles. The Morgan fingerprint density at radius 3 is 2.21 bits per heavy atom. The molecular weight excluding hydrogens is 320 g/mol. The Balaban J connectivity index is 2.03. The lowest BCUT2D eigenvalue weighted by Gasteiger charge is -2.08. The van der Waals surface area contributed by atoms with Crippen molar-refractivity contribution in [3.05, 3.63) is 76.9 Å². The van der Waals surface area contributed by atoms with Crippen molar-refractivity contribution in [1.29, 1.82) is 0 Å². The van der Waals surface area contributed by atoms with E-state index in [1.165, 1.54) is 0 Å². The van der Waals surface area contributed by atoms with E-state index >= 15 is 0 Å². The van der Waals surface area contributed by atoms with E-state index in [2.05, 4.69) is 9.71 Å². The van der Waals surface area contributed by atoms with Gasteiger partial charge < -0.3 is 0 Å². The zero-order chi connectivity index (χ0) is 17.3. The molecule has 0 fully saturated rings. The first-order valence-corrected chi connectivity index (χ1v) is 9.30. The van der Waals surface area contributed by atoms with Crippen LogP contribution in [0.4, 0.5) is 0 Å². The fraction of sp³-hybridized carbons (Fsp3) is 0.211. The number of benzene rings is 2. The van der Waals surface area contributed by atoms with Crippen molar-refractivity contribution in [1.82, 2.24) is 4.72 Å². The number of nitrogens with one attached hydrogen (secondary N) is 1. The summed E-state index contributed by atoms with van der Waals surface area (Å²) in [5, 5.41) is 0. The minimum Gasteiger partial charge on any atom is -0.263 e. The predicted octanol–water partition coefficient (Wildman–Crippen LogP) is 3.82. The molecule has 0 amide bonds. The van der Waals surface area contributed by atoms with Crippen LogP contribution in [0.3, 0.4) is 0 Å². The molecule has 0 aliphatic carbocycles.